The maximum atomic E-state index is 11.7. The molecule has 13 aromatic rings. The monoisotopic (exact) mass is 1810 g/mol. The van der Waals surface area contributed by atoms with Gasteiger partial charge in [-0.25, -0.2) is 0 Å². The first-order chi connectivity index (χ1) is 65.2. The van der Waals surface area contributed by atoms with Gasteiger partial charge in [-0.2, -0.15) is 0 Å². The minimum absolute atomic E-state index is 0.0923. The summed E-state index contributed by atoms with van der Waals surface area (Å²) < 4.78 is 5.27. The van der Waals surface area contributed by atoms with Crippen molar-refractivity contribution in [2.75, 3.05) is 79.6 Å². The van der Waals surface area contributed by atoms with Crippen LogP contribution in [0, 0.1) is 6.92 Å². The van der Waals surface area contributed by atoms with Gasteiger partial charge in [-0.1, -0.05) is 336 Å². The Hall–Kier alpha value is -12.7. The molecule has 0 radical (unpaired) electrons. The molecule has 14 heteroatoms. The van der Waals surface area contributed by atoms with Gasteiger partial charge in [0, 0.05) is 107 Å². The van der Waals surface area contributed by atoms with Crippen LogP contribution in [-0.2, 0) is 13.1 Å². The van der Waals surface area contributed by atoms with Gasteiger partial charge in [-0.05, 0) is 258 Å². The molecule has 1 aromatic heterocycles. The smallest absolute Gasteiger partial charge is 0.159 e. The van der Waals surface area contributed by atoms with E-state index in [2.05, 4.69) is 251 Å². The molecule has 0 amide bonds. The first kappa shape index (κ1) is 97.3. The molecule has 0 unspecified atom stereocenters. The molecule has 0 bridgehead atoms. The molecule has 12 nitrogen and oxygen atoms in total. The van der Waals surface area contributed by atoms with Gasteiger partial charge >= 0.3 is 0 Å². The largest absolute Gasteiger partial charge is 0.497 e. The Morgan fingerprint density at radius 3 is 1.04 bits per heavy atom. The molecule has 5 aliphatic rings. The fourth-order valence-electron chi connectivity index (χ4n) is 18.6. The van der Waals surface area contributed by atoms with Crippen molar-refractivity contribution in [3.63, 3.8) is 0 Å². The number of carbonyl (C=O) groups excluding carboxylic acids is 5. The minimum atomic E-state index is 0.0923. The number of halogens is 2. The number of pyridine rings is 1. The van der Waals surface area contributed by atoms with Crippen LogP contribution in [0.3, 0.4) is 0 Å². The number of carbonyl (C=O) groups is 5. The molecule has 12 aromatic carbocycles. The molecule has 5 fully saturated rings. The van der Waals surface area contributed by atoms with Gasteiger partial charge in [0.1, 0.15) is 5.75 Å². The summed E-state index contributed by atoms with van der Waals surface area (Å²) in [7, 11) is 3.88. The van der Waals surface area contributed by atoms with Crippen LogP contribution < -0.4 is 15.4 Å². The lowest BCUT2D eigenvalue weighted by Gasteiger charge is -2.30. The number of Topliss-reactive ketones (excluding diaryl/α,β-unsaturated/α-hetero) is 5. The quantitative estimate of drug-likeness (QED) is 0.0702. The zero-order valence-electron chi connectivity index (χ0n) is 78.6. The number of ether oxygens (including phenoxy) is 1. The normalized spacial score (nSPS) is 14.6. The number of likely N-dealkylation sites (tertiary alicyclic amines) is 3. The summed E-state index contributed by atoms with van der Waals surface area (Å²) in [6.45, 7) is 22.3. The average Bonchev–Trinajstić information content (AvgIpc) is 0.782. The van der Waals surface area contributed by atoms with E-state index >= 15 is 0 Å². The molecular formula is C120H122Cl2N6O6. The number of fused-ring (bicyclic) bond motifs is 1. The molecule has 5 saturated heterocycles. The number of benzene rings is 12. The van der Waals surface area contributed by atoms with Gasteiger partial charge in [0.15, 0.2) is 28.9 Å². The first-order valence-corrected chi connectivity index (χ1v) is 47.8. The highest BCUT2D eigenvalue weighted by Crippen LogP contribution is 2.40. The first-order valence-electron chi connectivity index (χ1n) is 47.0. The van der Waals surface area contributed by atoms with E-state index < -0.39 is 0 Å². The van der Waals surface area contributed by atoms with Gasteiger partial charge in [0.05, 0.1) is 12.6 Å². The summed E-state index contributed by atoms with van der Waals surface area (Å²) in [4.78, 5) is 70.1. The number of methoxy groups -OCH3 is 1. The second kappa shape index (κ2) is 48.3. The van der Waals surface area contributed by atoms with Gasteiger partial charge in [-0.3, -0.25) is 38.8 Å². The third-order valence-corrected chi connectivity index (χ3v) is 26.5. The SMILES string of the molecule is CC(=O)c1ccc(C(=C2CCN(C)CC2)c2ccccc2)cc1.CC(=O)c1ccc(C(=C2CCN(Cc3ccc(Cl)cc3Cl)CC2)c2ccccc2)cc1.CC(=O)c1ccc(C(=C2CCNCC2)c2cccc(C)c2)cc1.CC(=O)c1ccc(C(=C2CCNCC2)c2cccc3cccnc23)cc1.COc1ccc(CN2CCC(=C(c3ccccc3)c3ccc(C(C)=O)cc3)CC2)cc1. The topological polar surface area (TPSA) is 141 Å². The highest BCUT2D eigenvalue weighted by atomic mass is 35.5. The Balaban J connectivity index is 0.000000135. The van der Waals surface area contributed by atoms with Crippen molar-refractivity contribution in [1.29, 1.82) is 0 Å². The summed E-state index contributed by atoms with van der Waals surface area (Å²) >= 11 is 12.4. The van der Waals surface area contributed by atoms with Crippen LogP contribution in [0.15, 0.2) is 343 Å². The van der Waals surface area contributed by atoms with Crippen molar-refractivity contribution in [1.82, 2.24) is 30.3 Å². The lowest BCUT2D eigenvalue weighted by molar-refractivity contribution is 0.100. The van der Waals surface area contributed by atoms with Gasteiger partial charge in [0.25, 0.3) is 0 Å². The maximum absolute atomic E-state index is 11.7. The predicted octanol–water partition coefficient (Wildman–Crippen LogP) is 26.7. The Morgan fingerprint density at radius 2 is 0.657 bits per heavy atom. The summed E-state index contributed by atoms with van der Waals surface area (Å²) in [6, 6.07) is 105. The number of aromatic nitrogens is 1. The number of nitrogens with one attached hydrogen (secondary N) is 2. The van der Waals surface area contributed by atoms with E-state index in [0.717, 1.165) is 203 Å². The van der Waals surface area contributed by atoms with Crippen LogP contribution in [0.5, 0.6) is 5.75 Å². The Kier molecular flexibility index (Phi) is 35.1. The zero-order valence-corrected chi connectivity index (χ0v) is 80.1. The van der Waals surface area contributed by atoms with Crippen LogP contribution in [0.1, 0.15) is 223 Å². The standard InChI is InChI=1S/C28H29NO2.C27H25Cl2NO.C23H22N2O.2C21H23NO/c1-21(30)23-10-12-25(13-11-23)28(24-6-4-3-5-7-24)26-16-18-29(19-17-26)20-22-8-14-27(31-2)15-9-22;1-19(31)20-7-9-22(10-8-20)27(21-5-3-2-4-6-21)23-13-15-30(16-14-23)18-24-11-12-25(28)17-26(24)29;1-16(26)17-7-9-18(10-8-17)22(19-11-14-24-15-12-19)21-6-2-4-20-5-3-13-25-23(20)21;1-15-4-3-5-20(14-15)21(19-10-12-22-13-11-19)18-8-6-17(7-9-18)16(2)23;1-16(23)17-8-10-19(11-9-17)21(18-6-4-3-5-7-18)20-12-14-22(2)15-13-20/h3-15H,16-20H2,1-2H3;2-12,17H,13-16,18H2,1H3;2-10,13,24H,11-12,14-15H2,1H3;3-9,14,22H,10-13H2,1-2H3;3-11H,12-15H2,1-2H3. The second-order valence-electron chi connectivity index (χ2n) is 35.3. The lowest BCUT2D eigenvalue weighted by atomic mass is 9.87. The van der Waals surface area contributed by atoms with Crippen LogP contribution in [0.4, 0.5) is 0 Å². The van der Waals surface area contributed by atoms with Crippen LogP contribution in [-0.4, -0.2) is 128 Å². The molecule has 0 saturated carbocycles. The van der Waals surface area contributed by atoms with Crippen molar-refractivity contribution in [2.45, 2.75) is 119 Å². The van der Waals surface area contributed by atoms with E-state index in [1.165, 1.54) is 117 Å². The van der Waals surface area contributed by atoms with E-state index in [1.807, 2.05) is 109 Å². The Bertz CT molecular complexity index is 6350. The second-order valence-corrected chi connectivity index (χ2v) is 36.2. The number of piperidine rings is 5. The molecule has 0 atom stereocenters. The third kappa shape index (κ3) is 26.4. The van der Waals surface area contributed by atoms with Gasteiger partial charge < -0.3 is 20.3 Å². The molecule has 0 spiro atoms. The molecule has 6 heterocycles. The molecule has 2 N–H and O–H groups in total. The molecule has 0 aliphatic carbocycles. The van der Waals surface area contributed by atoms with Crippen molar-refractivity contribution in [3.05, 3.63) is 454 Å². The van der Waals surface area contributed by atoms with Gasteiger partial charge in [-0.15, -0.1) is 0 Å². The predicted molar refractivity (Wildman–Crippen MR) is 554 cm³/mol. The zero-order chi connectivity index (χ0) is 93.8. The van der Waals surface area contributed by atoms with Crippen molar-refractivity contribution in [3.8, 4) is 5.75 Å². The number of rotatable bonds is 20. The van der Waals surface area contributed by atoms with E-state index in [0.29, 0.717) is 5.02 Å². The summed E-state index contributed by atoms with van der Waals surface area (Å²) in [5.41, 5.74) is 34.6. The van der Waals surface area contributed by atoms with E-state index in [1.54, 1.807) is 41.7 Å². The third-order valence-electron chi connectivity index (χ3n) is 26.0. The Labute approximate surface area is 802 Å². The lowest BCUT2D eigenvalue weighted by Crippen LogP contribution is -2.30. The number of ketones is 5. The van der Waals surface area contributed by atoms with Gasteiger partial charge in [0.2, 0.25) is 0 Å². The van der Waals surface area contributed by atoms with Crippen LogP contribution in [0.2, 0.25) is 10.0 Å². The fourth-order valence-corrected chi connectivity index (χ4v) is 19.0. The van der Waals surface area contributed by atoms with E-state index in [4.69, 9.17) is 27.9 Å². The molecule has 682 valence electrons. The van der Waals surface area contributed by atoms with Crippen LogP contribution >= 0.6 is 23.2 Å². The average molecular weight is 1820 g/mol. The van der Waals surface area contributed by atoms with E-state index in [9.17, 15) is 24.0 Å². The number of para-hydroxylation sites is 1. The number of nitrogens with zero attached hydrogens (tertiary/aromatic N) is 4. The Morgan fingerprint density at radius 1 is 0.328 bits per heavy atom. The fraction of sp³-hybridized carbons (Fsp3) is 0.250. The summed E-state index contributed by atoms with van der Waals surface area (Å²) in [6.07, 6.45) is 12.4. The molecule has 134 heavy (non-hydrogen) atoms. The van der Waals surface area contributed by atoms with Crippen molar-refractivity contribution in [2.24, 2.45) is 0 Å². The van der Waals surface area contributed by atoms with Crippen molar-refractivity contribution >= 4 is 90.9 Å². The number of hydrogen-bond acceptors (Lipinski definition) is 12. The summed E-state index contributed by atoms with van der Waals surface area (Å²) in [5, 5.41) is 9.41. The molecular weight excluding hydrogens is 1690 g/mol. The van der Waals surface area contributed by atoms with Crippen LogP contribution in [0.25, 0.3) is 38.8 Å². The maximum Gasteiger partial charge on any atom is 0.159 e. The molecule has 5 aliphatic heterocycles. The number of hydrogen-bond donors (Lipinski definition) is 2. The minimum Gasteiger partial charge on any atom is -0.497 e. The van der Waals surface area contributed by atoms with E-state index in [-0.39, 0.29) is 28.9 Å². The number of aryl methyl sites for hydroxylation is 1. The highest BCUT2D eigenvalue weighted by molar-refractivity contribution is 6.35. The summed E-state index contributed by atoms with van der Waals surface area (Å²) in [5.74, 6) is 1.42. The molecule has 18 rings (SSSR count). The van der Waals surface area contributed by atoms with Crippen molar-refractivity contribution < 1.29 is 28.7 Å². The highest BCUT2D eigenvalue weighted by Gasteiger charge is 2.26.